The molecule has 1 fully saturated rings. The number of benzene rings is 4. The van der Waals surface area contributed by atoms with Gasteiger partial charge in [0.1, 0.15) is 17.2 Å². The fraction of sp³-hybridized carbons (Fsp3) is 0.171. The van der Waals surface area contributed by atoms with Gasteiger partial charge in [0.15, 0.2) is 11.6 Å². The largest absolute Gasteiger partial charge is 0.497 e. The molecule has 0 unspecified atom stereocenters. The molecule has 7 rings (SSSR count). The summed E-state index contributed by atoms with van der Waals surface area (Å²) < 4.78 is 5.33. The number of nitrogens with zero attached hydrogens (tertiary/aromatic N) is 1. The van der Waals surface area contributed by atoms with E-state index in [-0.39, 0.29) is 17.5 Å². The molecule has 4 aromatic carbocycles. The van der Waals surface area contributed by atoms with Gasteiger partial charge in [-0.05, 0) is 78.7 Å². The van der Waals surface area contributed by atoms with Gasteiger partial charge in [0, 0.05) is 33.1 Å². The van der Waals surface area contributed by atoms with Crippen molar-refractivity contribution >= 4 is 46.0 Å². The number of nitrogens with one attached hydrogen (secondary N) is 1. The summed E-state index contributed by atoms with van der Waals surface area (Å²) in [6.07, 6.45) is 2.05. The van der Waals surface area contributed by atoms with Crippen molar-refractivity contribution in [3.63, 3.8) is 0 Å². The van der Waals surface area contributed by atoms with Crippen LogP contribution in [0.25, 0.3) is 5.57 Å². The number of fused-ring (bicyclic) bond motifs is 6. The summed E-state index contributed by atoms with van der Waals surface area (Å²) in [5.41, 5.74) is 3.58. The molecule has 0 aliphatic carbocycles. The zero-order valence-corrected chi connectivity index (χ0v) is 23.8. The van der Waals surface area contributed by atoms with Crippen molar-refractivity contribution in [3.8, 4) is 5.75 Å². The molecule has 0 radical (unpaired) electrons. The number of hydrogen-bond acceptors (Lipinski definition) is 5. The third-order valence-electron chi connectivity index (χ3n) is 8.94. The third kappa shape index (κ3) is 3.61. The lowest BCUT2D eigenvalue weighted by atomic mass is 9.64. The molecule has 7 heteroatoms. The first kappa shape index (κ1) is 26.2. The van der Waals surface area contributed by atoms with Gasteiger partial charge < -0.3 is 15.0 Å². The minimum atomic E-state index is -1.37. The summed E-state index contributed by atoms with van der Waals surface area (Å²) in [5, 5.41) is 3.57. The first-order valence-electron chi connectivity index (χ1n) is 13.8. The van der Waals surface area contributed by atoms with Gasteiger partial charge in [-0.25, -0.2) is 0 Å². The molecule has 0 bridgehead atoms. The fourth-order valence-electron chi connectivity index (χ4n) is 7.11. The van der Waals surface area contributed by atoms with E-state index in [1.807, 2.05) is 66.4 Å². The second kappa shape index (κ2) is 9.71. The smallest absolute Gasteiger partial charge is 0.238 e. The Morgan fingerprint density at radius 1 is 0.857 bits per heavy atom. The van der Waals surface area contributed by atoms with Crippen molar-refractivity contribution in [2.24, 2.45) is 5.92 Å². The number of ketones is 2. The van der Waals surface area contributed by atoms with Crippen molar-refractivity contribution < 1.29 is 19.1 Å². The van der Waals surface area contributed by atoms with Gasteiger partial charge >= 0.3 is 0 Å². The number of halogens is 1. The second-order valence-corrected chi connectivity index (χ2v) is 11.4. The van der Waals surface area contributed by atoms with Gasteiger partial charge in [-0.15, -0.1) is 0 Å². The highest BCUT2D eigenvalue weighted by molar-refractivity contribution is 6.30. The molecule has 1 saturated heterocycles. The Morgan fingerprint density at radius 2 is 1.50 bits per heavy atom. The van der Waals surface area contributed by atoms with Crippen LogP contribution < -0.4 is 15.0 Å². The van der Waals surface area contributed by atoms with Crippen molar-refractivity contribution in [2.45, 2.75) is 24.4 Å². The van der Waals surface area contributed by atoms with Crippen LogP contribution >= 0.6 is 11.6 Å². The Morgan fingerprint density at radius 3 is 2.24 bits per heavy atom. The van der Waals surface area contributed by atoms with Crippen LogP contribution in [0, 0.1) is 5.92 Å². The Hall–Kier alpha value is -4.68. The number of allylic oxidation sites excluding steroid dienone is 1. The summed E-state index contributed by atoms with van der Waals surface area (Å²) in [6, 6.07) is 27.3. The number of rotatable bonds is 5. The molecule has 3 aliphatic heterocycles. The van der Waals surface area contributed by atoms with E-state index < -0.39 is 23.4 Å². The number of para-hydroxylation sites is 2. The Kier molecular flexibility index (Phi) is 6.06. The number of ether oxygens (including phenoxy) is 1. The molecule has 0 saturated carbocycles. The van der Waals surface area contributed by atoms with Crippen LogP contribution in [0.1, 0.15) is 38.8 Å². The Labute approximate surface area is 248 Å². The summed E-state index contributed by atoms with van der Waals surface area (Å²) >= 11 is 6.18. The quantitative estimate of drug-likeness (QED) is 0.272. The molecule has 1 amide bonds. The van der Waals surface area contributed by atoms with E-state index in [4.69, 9.17) is 16.3 Å². The van der Waals surface area contributed by atoms with Gasteiger partial charge in [-0.1, -0.05) is 54.1 Å². The topological polar surface area (TPSA) is 75.7 Å². The fourth-order valence-corrected chi connectivity index (χ4v) is 7.23. The highest BCUT2D eigenvalue weighted by Crippen LogP contribution is 2.58. The normalized spacial score (nSPS) is 23.5. The zero-order chi connectivity index (χ0) is 29.2. The molecule has 208 valence electrons. The molecule has 1 N–H and O–H groups in total. The van der Waals surface area contributed by atoms with Gasteiger partial charge in [-0.3, -0.25) is 14.4 Å². The molecule has 4 aromatic rings. The maximum atomic E-state index is 14.9. The molecule has 3 heterocycles. The van der Waals surface area contributed by atoms with Crippen LogP contribution in [0.4, 0.5) is 11.4 Å². The van der Waals surface area contributed by atoms with E-state index in [9.17, 15) is 14.4 Å². The van der Waals surface area contributed by atoms with E-state index in [2.05, 4.69) is 5.32 Å². The third-order valence-corrected chi connectivity index (χ3v) is 9.19. The summed E-state index contributed by atoms with van der Waals surface area (Å²) in [7, 11) is 1.56. The predicted octanol–water partition coefficient (Wildman–Crippen LogP) is 6.59. The molecule has 42 heavy (non-hydrogen) atoms. The lowest BCUT2D eigenvalue weighted by molar-refractivity contribution is -0.121. The molecule has 3 aliphatic rings. The first-order valence-corrected chi connectivity index (χ1v) is 14.2. The van der Waals surface area contributed by atoms with Crippen LogP contribution in [0.15, 0.2) is 103 Å². The van der Waals surface area contributed by atoms with Gasteiger partial charge in [0.2, 0.25) is 5.91 Å². The number of anilines is 2. The number of hydrogen-bond donors (Lipinski definition) is 1. The minimum absolute atomic E-state index is 0.250. The SMILES string of the molecule is COc1ccc(C(=O)[C@@H]2[C@H](C(=O)c3ccc(Cl)cc3)N3c4ccccc4C(C)=C[C@@H]3[C@]23C(=O)Nc2ccccc23)cc1. The van der Waals surface area contributed by atoms with Crippen LogP contribution in [0.3, 0.4) is 0 Å². The van der Waals surface area contributed by atoms with E-state index >= 15 is 0 Å². The van der Waals surface area contributed by atoms with Gasteiger partial charge in [-0.2, -0.15) is 0 Å². The van der Waals surface area contributed by atoms with Crippen LogP contribution in [0.5, 0.6) is 5.75 Å². The molecule has 4 atom stereocenters. The molecule has 6 nitrogen and oxygen atoms in total. The zero-order valence-electron chi connectivity index (χ0n) is 23.0. The number of carbonyl (C=O) groups is 3. The van der Waals surface area contributed by atoms with Crippen LogP contribution in [0.2, 0.25) is 5.02 Å². The number of Topliss-reactive ketones (excluding diaryl/α,β-unsaturated/α-hetero) is 2. The second-order valence-electron chi connectivity index (χ2n) is 11.0. The average molecular weight is 575 g/mol. The minimum Gasteiger partial charge on any atom is -0.497 e. The monoisotopic (exact) mass is 574 g/mol. The number of methoxy groups -OCH3 is 1. The standard InChI is InChI=1S/C35H27ClN2O4/c1-20-19-29-35(26-8-4-5-9-27(26)37-34(35)41)30(32(39)21-13-17-24(42-2)18-14-21)31(33(40)22-11-15-23(36)16-12-22)38(29)28-10-6-3-7-25(20)28/h3-19,29-31H,1-2H3,(H,37,41)/t29-,30+,31-,35+/m1/s1. The van der Waals surface area contributed by atoms with Crippen LogP contribution in [-0.4, -0.2) is 36.7 Å². The van der Waals surface area contributed by atoms with E-state index in [1.54, 1.807) is 55.6 Å². The maximum Gasteiger partial charge on any atom is 0.238 e. The Balaban J connectivity index is 1.54. The molecule has 0 aromatic heterocycles. The van der Waals surface area contributed by atoms with E-state index in [0.717, 1.165) is 16.8 Å². The molecular weight excluding hydrogens is 548 g/mol. The summed E-state index contributed by atoms with van der Waals surface area (Å²) in [4.78, 5) is 46.0. The predicted molar refractivity (Wildman–Crippen MR) is 163 cm³/mol. The summed E-state index contributed by atoms with van der Waals surface area (Å²) in [6.45, 7) is 2.01. The molecule has 1 spiro atoms. The highest BCUT2D eigenvalue weighted by Gasteiger charge is 2.70. The first-order chi connectivity index (χ1) is 20.4. The van der Waals surface area contributed by atoms with Gasteiger partial charge in [0.25, 0.3) is 0 Å². The van der Waals surface area contributed by atoms with Crippen molar-refractivity contribution in [1.82, 2.24) is 0 Å². The Bertz CT molecular complexity index is 1800. The van der Waals surface area contributed by atoms with E-state index in [1.165, 1.54) is 0 Å². The number of carbonyl (C=O) groups excluding carboxylic acids is 3. The van der Waals surface area contributed by atoms with Gasteiger partial charge in [0.05, 0.1) is 19.1 Å². The maximum absolute atomic E-state index is 14.9. The number of amides is 1. The van der Waals surface area contributed by atoms with E-state index in [0.29, 0.717) is 33.1 Å². The lowest BCUT2D eigenvalue weighted by Gasteiger charge is -2.39. The van der Waals surface area contributed by atoms with Crippen molar-refractivity contribution in [3.05, 3.63) is 130 Å². The highest BCUT2D eigenvalue weighted by atomic mass is 35.5. The average Bonchev–Trinajstić information content (AvgIpc) is 3.49. The van der Waals surface area contributed by atoms with Crippen molar-refractivity contribution in [1.29, 1.82) is 0 Å². The summed E-state index contributed by atoms with van der Waals surface area (Å²) in [5.74, 6) is -1.26. The lowest BCUT2D eigenvalue weighted by Crippen LogP contribution is -2.51. The molecular formula is C35H27ClN2O4. The van der Waals surface area contributed by atoms with Crippen LogP contribution in [-0.2, 0) is 10.2 Å². The van der Waals surface area contributed by atoms with Crippen molar-refractivity contribution in [2.75, 3.05) is 17.3 Å².